The van der Waals surface area contributed by atoms with Crippen molar-refractivity contribution in [3.8, 4) is 11.1 Å². The van der Waals surface area contributed by atoms with Crippen LogP contribution in [0.3, 0.4) is 0 Å². The fraction of sp³-hybridized carbons (Fsp3) is 0.250. The van der Waals surface area contributed by atoms with E-state index < -0.39 is 15.6 Å². The average molecular weight is 434 g/mol. The Balaban J connectivity index is 2.04. The first-order valence-corrected chi connectivity index (χ1v) is 12.5. The van der Waals surface area contributed by atoms with Crippen LogP contribution in [-0.2, 0) is 15.6 Å². The third-order valence-corrected chi connectivity index (χ3v) is 10.2. The molecule has 3 nitrogen and oxygen atoms in total. The lowest BCUT2D eigenvalue weighted by Gasteiger charge is -2.43. The maximum atomic E-state index is 13.7. The summed E-state index contributed by atoms with van der Waals surface area (Å²) in [6.45, 7) is 7.87. The van der Waals surface area contributed by atoms with Crippen molar-refractivity contribution in [2.45, 2.75) is 38.1 Å². The Hall–Kier alpha value is -1.54. The SMILES string of the molecule is Cc1ccc(S(=O)(=O)N2c3ccc(C)cc3-c3c(ssc3=S)C2(C)C)cc1. The molecule has 0 bridgehead atoms. The van der Waals surface area contributed by atoms with Crippen molar-refractivity contribution < 1.29 is 8.42 Å². The third kappa shape index (κ3) is 2.79. The summed E-state index contributed by atoms with van der Waals surface area (Å²) in [5.74, 6) is 0. The lowest BCUT2D eigenvalue weighted by atomic mass is 9.89. The van der Waals surface area contributed by atoms with Gasteiger partial charge in [-0.2, -0.15) is 0 Å². The van der Waals surface area contributed by atoms with Crippen LogP contribution >= 0.6 is 32.9 Å². The molecule has 4 rings (SSSR count). The van der Waals surface area contributed by atoms with E-state index in [9.17, 15) is 8.42 Å². The lowest BCUT2D eigenvalue weighted by molar-refractivity contribution is 0.525. The van der Waals surface area contributed by atoms with Crippen LogP contribution in [0.25, 0.3) is 11.1 Å². The molecule has 1 aromatic heterocycles. The summed E-state index contributed by atoms with van der Waals surface area (Å²) in [5.41, 5.74) is 4.00. The number of benzene rings is 2. The summed E-state index contributed by atoms with van der Waals surface area (Å²) in [6, 6.07) is 12.9. The Bertz CT molecular complexity index is 1200. The van der Waals surface area contributed by atoms with Crippen LogP contribution in [0, 0.1) is 17.7 Å². The fourth-order valence-electron chi connectivity index (χ4n) is 3.56. The van der Waals surface area contributed by atoms with Gasteiger partial charge in [0.15, 0.2) is 0 Å². The minimum Gasteiger partial charge on any atom is -0.255 e. The van der Waals surface area contributed by atoms with Crippen molar-refractivity contribution in [2.75, 3.05) is 4.31 Å². The Morgan fingerprint density at radius 3 is 2.26 bits per heavy atom. The molecule has 7 heteroatoms. The predicted molar refractivity (Wildman–Crippen MR) is 117 cm³/mol. The van der Waals surface area contributed by atoms with Gasteiger partial charge < -0.3 is 0 Å². The Morgan fingerprint density at radius 2 is 1.59 bits per heavy atom. The molecule has 0 amide bonds. The van der Waals surface area contributed by atoms with Gasteiger partial charge in [-0.1, -0.05) is 62.2 Å². The maximum Gasteiger partial charge on any atom is 0.265 e. The van der Waals surface area contributed by atoms with Crippen LogP contribution in [0.1, 0.15) is 29.9 Å². The zero-order valence-corrected chi connectivity index (χ0v) is 18.7. The number of fused-ring (bicyclic) bond motifs is 3. The van der Waals surface area contributed by atoms with Crippen molar-refractivity contribution in [1.29, 1.82) is 0 Å². The van der Waals surface area contributed by atoms with Crippen LogP contribution in [0.4, 0.5) is 5.69 Å². The maximum absolute atomic E-state index is 13.7. The average Bonchev–Trinajstić information content (AvgIpc) is 2.99. The molecule has 0 radical (unpaired) electrons. The van der Waals surface area contributed by atoms with Gasteiger partial charge in [-0.3, -0.25) is 4.31 Å². The van der Waals surface area contributed by atoms with Crippen molar-refractivity contribution in [3.05, 3.63) is 62.3 Å². The first-order chi connectivity index (χ1) is 12.6. The Kier molecular flexibility index (Phi) is 4.34. The minimum absolute atomic E-state index is 0.301. The quantitative estimate of drug-likeness (QED) is 0.353. The summed E-state index contributed by atoms with van der Waals surface area (Å²) in [6.07, 6.45) is 0. The Labute approximate surface area is 172 Å². The van der Waals surface area contributed by atoms with Crippen molar-refractivity contribution >= 4 is 48.6 Å². The minimum atomic E-state index is -3.74. The number of hydrogen-bond donors (Lipinski definition) is 0. The first-order valence-electron chi connectivity index (χ1n) is 8.51. The van der Waals surface area contributed by atoms with Crippen molar-refractivity contribution in [1.82, 2.24) is 0 Å². The van der Waals surface area contributed by atoms with E-state index in [0.29, 0.717) is 10.6 Å². The third-order valence-electron chi connectivity index (χ3n) is 4.89. The van der Waals surface area contributed by atoms with Gasteiger partial charge in [-0.25, -0.2) is 8.42 Å². The molecule has 0 fully saturated rings. The molecular formula is C20H19NO2S4. The zero-order chi connectivity index (χ0) is 19.6. The molecule has 0 atom stereocenters. The van der Waals surface area contributed by atoms with E-state index in [2.05, 4.69) is 0 Å². The lowest BCUT2D eigenvalue weighted by Crippen LogP contribution is -2.47. The molecule has 0 unspecified atom stereocenters. The molecule has 0 saturated carbocycles. The molecule has 0 aliphatic carbocycles. The van der Waals surface area contributed by atoms with Gasteiger partial charge in [0.2, 0.25) is 0 Å². The second-order valence-corrected chi connectivity index (χ2v) is 11.9. The highest BCUT2D eigenvalue weighted by molar-refractivity contribution is 7.93. The van der Waals surface area contributed by atoms with E-state index in [1.54, 1.807) is 26.8 Å². The zero-order valence-electron chi connectivity index (χ0n) is 15.4. The number of anilines is 1. The molecule has 3 aromatic rings. The number of nitrogens with zero attached hydrogens (tertiary/aromatic N) is 1. The van der Waals surface area contributed by atoms with Gasteiger partial charge in [-0.05, 0) is 52.0 Å². The van der Waals surface area contributed by atoms with E-state index in [0.717, 1.165) is 31.0 Å². The molecule has 27 heavy (non-hydrogen) atoms. The van der Waals surface area contributed by atoms with Crippen molar-refractivity contribution in [3.63, 3.8) is 0 Å². The predicted octanol–water partition coefficient (Wildman–Crippen LogP) is 6.27. The molecule has 0 N–H and O–H groups in total. The smallest absolute Gasteiger partial charge is 0.255 e. The molecule has 140 valence electrons. The fourth-order valence-corrected chi connectivity index (χ4v) is 8.70. The van der Waals surface area contributed by atoms with Gasteiger partial charge in [-0.15, -0.1) is 0 Å². The van der Waals surface area contributed by atoms with Gasteiger partial charge in [0.1, 0.15) is 3.82 Å². The van der Waals surface area contributed by atoms with Crippen LogP contribution in [0.5, 0.6) is 0 Å². The molecule has 0 spiro atoms. The second kappa shape index (κ2) is 6.24. The molecular weight excluding hydrogens is 414 g/mol. The monoisotopic (exact) mass is 433 g/mol. The van der Waals surface area contributed by atoms with Gasteiger partial charge in [0.25, 0.3) is 10.0 Å². The van der Waals surface area contributed by atoms with E-state index in [1.807, 2.05) is 58.0 Å². The van der Waals surface area contributed by atoms with Gasteiger partial charge in [0, 0.05) is 11.1 Å². The number of hydrogen-bond acceptors (Lipinski definition) is 5. The summed E-state index contributed by atoms with van der Waals surface area (Å²) < 4.78 is 29.8. The Morgan fingerprint density at radius 1 is 0.963 bits per heavy atom. The summed E-state index contributed by atoms with van der Waals surface area (Å²) in [7, 11) is -0.621. The number of sulfonamides is 1. The number of rotatable bonds is 2. The standard InChI is InChI=1S/C20H19NO2S4/c1-12-5-8-14(9-6-12)27(22,23)21-16-10-7-13(2)11-15(16)17-18(20(21,3)4)25-26-19(17)24/h5-11H,1-4H3. The van der Waals surface area contributed by atoms with E-state index in [-0.39, 0.29) is 0 Å². The highest BCUT2D eigenvalue weighted by Gasteiger charge is 2.46. The van der Waals surface area contributed by atoms with Crippen LogP contribution in [0.2, 0.25) is 0 Å². The summed E-state index contributed by atoms with van der Waals surface area (Å²) in [5, 5.41) is 0. The van der Waals surface area contributed by atoms with Gasteiger partial charge in [0.05, 0.1) is 21.0 Å². The largest absolute Gasteiger partial charge is 0.265 e. The van der Waals surface area contributed by atoms with Crippen LogP contribution in [0.15, 0.2) is 47.4 Å². The number of aryl methyl sites for hydroxylation is 2. The molecule has 0 saturated heterocycles. The van der Waals surface area contributed by atoms with E-state index in [1.165, 1.54) is 10.3 Å². The normalized spacial score (nSPS) is 15.3. The topological polar surface area (TPSA) is 37.4 Å². The van der Waals surface area contributed by atoms with Gasteiger partial charge >= 0.3 is 0 Å². The molecule has 2 aromatic carbocycles. The molecule has 1 aliphatic rings. The second-order valence-electron chi connectivity index (χ2n) is 7.32. The summed E-state index contributed by atoms with van der Waals surface area (Å²) >= 11 is 5.60. The molecule has 2 heterocycles. The van der Waals surface area contributed by atoms with Crippen LogP contribution in [-0.4, -0.2) is 8.42 Å². The van der Waals surface area contributed by atoms with Crippen molar-refractivity contribution in [2.24, 2.45) is 0 Å². The summed E-state index contributed by atoms with van der Waals surface area (Å²) in [4.78, 5) is 1.31. The van der Waals surface area contributed by atoms with Crippen LogP contribution < -0.4 is 4.31 Å². The van der Waals surface area contributed by atoms with E-state index in [4.69, 9.17) is 12.2 Å². The highest BCUT2D eigenvalue weighted by atomic mass is 32.9. The molecule has 1 aliphatic heterocycles. The highest BCUT2D eigenvalue weighted by Crippen LogP contribution is 2.53. The van der Waals surface area contributed by atoms with E-state index >= 15 is 0 Å². The first kappa shape index (κ1) is 18.8.